The predicted octanol–water partition coefficient (Wildman–Crippen LogP) is 4.14. The molecule has 8 heteroatoms. The fourth-order valence-electron chi connectivity index (χ4n) is 2.83. The summed E-state index contributed by atoms with van der Waals surface area (Å²) in [6.45, 7) is 0.627. The van der Waals surface area contributed by atoms with Crippen LogP contribution in [0.3, 0.4) is 0 Å². The maximum absolute atomic E-state index is 12.7. The summed E-state index contributed by atoms with van der Waals surface area (Å²) < 4.78 is 15.9. The Hall–Kier alpha value is -3.55. The van der Waals surface area contributed by atoms with Crippen LogP contribution < -0.4 is 15.4 Å². The fourth-order valence-corrected chi connectivity index (χ4v) is 3.02. The molecule has 0 bridgehead atoms. The summed E-state index contributed by atoms with van der Waals surface area (Å²) in [5.74, 6) is 0.692. The Bertz CT molecular complexity index is 1110. The van der Waals surface area contributed by atoms with Gasteiger partial charge in [0.25, 0.3) is 11.8 Å². The lowest BCUT2D eigenvalue weighted by molar-refractivity contribution is -0.117. The third-order valence-electron chi connectivity index (χ3n) is 4.46. The van der Waals surface area contributed by atoms with Crippen molar-refractivity contribution in [3.8, 4) is 17.1 Å². The molecule has 1 heterocycles. The monoisotopic (exact) mass is 454 g/mol. The van der Waals surface area contributed by atoms with Gasteiger partial charge in [0.2, 0.25) is 0 Å². The number of halogens is 1. The molecule has 0 aliphatic heterocycles. The number of hydrogen-bond acceptors (Lipinski definition) is 5. The summed E-state index contributed by atoms with van der Waals surface area (Å²) in [6.07, 6.45) is 1.47. The molecule has 0 saturated carbocycles. The van der Waals surface area contributed by atoms with Crippen LogP contribution in [-0.2, 0) is 9.53 Å². The molecular formula is C24H23ClN2O5. The van der Waals surface area contributed by atoms with Crippen molar-refractivity contribution in [3.05, 3.63) is 82.7 Å². The number of methoxy groups -OCH3 is 2. The van der Waals surface area contributed by atoms with E-state index in [9.17, 15) is 9.59 Å². The first-order valence-electron chi connectivity index (χ1n) is 9.80. The smallest absolute Gasteiger partial charge is 0.268 e. The fraction of sp³-hybridized carbons (Fsp3) is 0.167. The predicted molar refractivity (Wildman–Crippen MR) is 122 cm³/mol. The third-order valence-corrected chi connectivity index (χ3v) is 4.69. The normalized spacial score (nSPS) is 11.2. The van der Waals surface area contributed by atoms with Gasteiger partial charge in [-0.3, -0.25) is 9.59 Å². The van der Waals surface area contributed by atoms with Gasteiger partial charge in [-0.2, -0.15) is 0 Å². The van der Waals surface area contributed by atoms with Gasteiger partial charge in [-0.05, 0) is 48.5 Å². The van der Waals surface area contributed by atoms with Crippen molar-refractivity contribution in [2.45, 2.75) is 0 Å². The Kier molecular flexibility index (Phi) is 8.08. The van der Waals surface area contributed by atoms with Crippen LogP contribution in [-0.4, -0.2) is 39.2 Å². The van der Waals surface area contributed by atoms with Crippen molar-refractivity contribution in [3.63, 3.8) is 0 Å². The molecule has 2 aromatic carbocycles. The molecule has 0 spiro atoms. The second-order valence-electron chi connectivity index (χ2n) is 6.70. The number of furan rings is 1. The molecule has 32 heavy (non-hydrogen) atoms. The van der Waals surface area contributed by atoms with E-state index in [4.69, 9.17) is 25.5 Å². The molecule has 0 saturated heterocycles. The lowest BCUT2D eigenvalue weighted by Crippen LogP contribution is -2.36. The second-order valence-corrected chi connectivity index (χ2v) is 7.14. The van der Waals surface area contributed by atoms with E-state index in [1.54, 1.807) is 55.6 Å². The van der Waals surface area contributed by atoms with Crippen LogP contribution in [0.2, 0.25) is 5.02 Å². The minimum Gasteiger partial charge on any atom is -0.497 e. The lowest BCUT2D eigenvalue weighted by Gasteiger charge is -2.11. The third kappa shape index (κ3) is 6.23. The van der Waals surface area contributed by atoms with Gasteiger partial charge in [-0.25, -0.2) is 0 Å². The Morgan fingerprint density at radius 3 is 2.53 bits per heavy atom. The maximum Gasteiger partial charge on any atom is 0.268 e. The van der Waals surface area contributed by atoms with Crippen LogP contribution in [0.5, 0.6) is 5.75 Å². The number of amides is 2. The largest absolute Gasteiger partial charge is 0.497 e. The molecule has 3 aromatic rings. The zero-order valence-corrected chi connectivity index (χ0v) is 18.4. The zero-order valence-electron chi connectivity index (χ0n) is 17.7. The molecular weight excluding hydrogens is 432 g/mol. The zero-order chi connectivity index (χ0) is 22.9. The minimum atomic E-state index is -0.468. The Balaban J connectivity index is 1.84. The number of rotatable bonds is 9. The lowest BCUT2D eigenvalue weighted by atomic mass is 10.2. The number of carbonyl (C=O) groups excluding carboxylic acids is 2. The summed E-state index contributed by atoms with van der Waals surface area (Å²) in [5, 5.41) is 5.93. The van der Waals surface area contributed by atoms with E-state index < -0.39 is 11.8 Å². The van der Waals surface area contributed by atoms with Crippen LogP contribution in [0.25, 0.3) is 17.4 Å². The van der Waals surface area contributed by atoms with Gasteiger partial charge in [0, 0.05) is 35.9 Å². The van der Waals surface area contributed by atoms with E-state index in [0.29, 0.717) is 34.5 Å². The Morgan fingerprint density at radius 2 is 1.84 bits per heavy atom. The molecule has 0 unspecified atom stereocenters. The number of ether oxygens (including phenoxy) is 2. The maximum atomic E-state index is 12.7. The minimum absolute atomic E-state index is 0.0360. The van der Waals surface area contributed by atoms with E-state index >= 15 is 0 Å². The summed E-state index contributed by atoms with van der Waals surface area (Å²) in [7, 11) is 3.08. The van der Waals surface area contributed by atoms with Crippen LogP contribution >= 0.6 is 11.6 Å². The first-order valence-corrected chi connectivity index (χ1v) is 10.2. The van der Waals surface area contributed by atoms with Crippen molar-refractivity contribution in [2.24, 2.45) is 0 Å². The molecule has 0 aliphatic carbocycles. The van der Waals surface area contributed by atoms with Gasteiger partial charge >= 0.3 is 0 Å². The molecule has 0 radical (unpaired) electrons. The van der Waals surface area contributed by atoms with Crippen LogP contribution in [0.1, 0.15) is 16.1 Å². The van der Waals surface area contributed by atoms with Crippen molar-refractivity contribution in [2.75, 3.05) is 27.4 Å². The van der Waals surface area contributed by atoms with Crippen molar-refractivity contribution >= 4 is 29.5 Å². The van der Waals surface area contributed by atoms with Crippen LogP contribution in [0, 0.1) is 0 Å². The van der Waals surface area contributed by atoms with Gasteiger partial charge in [0.1, 0.15) is 23.0 Å². The molecule has 0 aliphatic rings. The van der Waals surface area contributed by atoms with Crippen LogP contribution in [0.15, 0.2) is 70.8 Å². The van der Waals surface area contributed by atoms with E-state index in [1.165, 1.54) is 13.2 Å². The summed E-state index contributed by atoms with van der Waals surface area (Å²) in [6, 6.07) is 17.3. The number of carbonyl (C=O) groups is 2. The average molecular weight is 455 g/mol. The molecule has 0 fully saturated rings. The SMILES string of the molecule is COCCNC(=O)C(=Cc1ccc(-c2cccc(Cl)c2)o1)NC(=O)c1ccc(OC)cc1. The first kappa shape index (κ1) is 23.1. The standard InChI is InChI=1S/C24H23ClN2O5/c1-30-13-12-26-24(29)21(27-23(28)16-6-8-19(31-2)9-7-16)15-20-10-11-22(32-20)17-4-3-5-18(25)14-17/h3-11,14-15H,12-13H2,1-2H3,(H,26,29)(H,27,28). The number of hydrogen-bond donors (Lipinski definition) is 2. The Morgan fingerprint density at radius 1 is 1.06 bits per heavy atom. The Labute approximate surface area is 191 Å². The topological polar surface area (TPSA) is 89.8 Å². The van der Waals surface area contributed by atoms with Crippen molar-refractivity contribution in [1.82, 2.24) is 10.6 Å². The molecule has 166 valence electrons. The van der Waals surface area contributed by atoms with Gasteiger partial charge in [0.05, 0.1) is 13.7 Å². The second kappa shape index (κ2) is 11.2. The van der Waals surface area contributed by atoms with E-state index in [2.05, 4.69) is 10.6 Å². The summed E-state index contributed by atoms with van der Waals surface area (Å²) in [5.41, 5.74) is 1.21. The highest BCUT2D eigenvalue weighted by atomic mass is 35.5. The first-order chi connectivity index (χ1) is 15.5. The molecule has 2 amide bonds. The summed E-state index contributed by atoms with van der Waals surface area (Å²) in [4.78, 5) is 25.4. The molecule has 1 aromatic heterocycles. The van der Waals surface area contributed by atoms with E-state index in [-0.39, 0.29) is 12.2 Å². The molecule has 0 atom stereocenters. The van der Waals surface area contributed by atoms with E-state index in [0.717, 1.165) is 5.56 Å². The molecule has 7 nitrogen and oxygen atoms in total. The highest BCUT2D eigenvalue weighted by Crippen LogP contribution is 2.25. The molecule has 2 N–H and O–H groups in total. The van der Waals surface area contributed by atoms with Gasteiger partial charge in [-0.1, -0.05) is 23.7 Å². The van der Waals surface area contributed by atoms with Crippen LogP contribution in [0.4, 0.5) is 0 Å². The van der Waals surface area contributed by atoms with Gasteiger partial charge < -0.3 is 24.5 Å². The average Bonchev–Trinajstić information content (AvgIpc) is 3.27. The molecule has 3 rings (SSSR count). The number of nitrogens with one attached hydrogen (secondary N) is 2. The summed E-state index contributed by atoms with van der Waals surface area (Å²) >= 11 is 6.05. The highest BCUT2D eigenvalue weighted by Gasteiger charge is 2.16. The van der Waals surface area contributed by atoms with Crippen molar-refractivity contribution < 1.29 is 23.5 Å². The highest BCUT2D eigenvalue weighted by molar-refractivity contribution is 6.30. The van der Waals surface area contributed by atoms with E-state index in [1.807, 2.05) is 12.1 Å². The van der Waals surface area contributed by atoms with Gasteiger partial charge in [0.15, 0.2) is 0 Å². The van der Waals surface area contributed by atoms with Gasteiger partial charge in [-0.15, -0.1) is 0 Å². The quantitative estimate of drug-likeness (QED) is 0.374. The number of benzene rings is 2. The van der Waals surface area contributed by atoms with Crippen molar-refractivity contribution in [1.29, 1.82) is 0 Å².